The Hall–Kier alpha value is -4.16. The van der Waals surface area contributed by atoms with Gasteiger partial charge in [0.1, 0.15) is 10.7 Å². The molecule has 0 saturated carbocycles. The Bertz CT molecular complexity index is 1840. The van der Waals surface area contributed by atoms with Gasteiger partial charge in [-0.25, -0.2) is 4.39 Å². The molecule has 6 aromatic rings. The van der Waals surface area contributed by atoms with E-state index in [0.29, 0.717) is 16.3 Å². The smallest absolute Gasteiger partial charge is 0.339 e. The van der Waals surface area contributed by atoms with Gasteiger partial charge < -0.3 is 9.17 Å². The number of fused-ring (bicyclic) bond motifs is 4. The van der Waals surface area contributed by atoms with E-state index in [0.717, 1.165) is 33.0 Å². The van der Waals surface area contributed by atoms with Crippen molar-refractivity contribution in [1.82, 2.24) is 4.98 Å². The Morgan fingerprint density at radius 3 is 2.26 bits per heavy atom. The van der Waals surface area contributed by atoms with E-state index >= 15 is 0 Å². The van der Waals surface area contributed by atoms with E-state index in [1.807, 2.05) is 61.5 Å². The summed E-state index contributed by atoms with van der Waals surface area (Å²) < 4.78 is 47.0. The highest BCUT2D eigenvalue weighted by Crippen LogP contribution is 2.46. The second kappa shape index (κ2) is 7.96. The highest BCUT2D eigenvalue weighted by Gasteiger charge is 2.25. The van der Waals surface area contributed by atoms with Crippen LogP contribution in [-0.2, 0) is 10.1 Å². The molecular weight excluding hydrogens is 461 g/mol. The van der Waals surface area contributed by atoms with Gasteiger partial charge in [0.15, 0.2) is 5.75 Å². The van der Waals surface area contributed by atoms with Crippen LogP contribution in [0.3, 0.4) is 0 Å². The number of hydrogen-bond acceptors (Lipinski definition) is 3. The third-order valence-electron chi connectivity index (χ3n) is 6.24. The van der Waals surface area contributed by atoms with Crippen molar-refractivity contribution in [3.8, 4) is 16.9 Å². The van der Waals surface area contributed by atoms with Crippen LogP contribution in [0.1, 0.15) is 5.56 Å². The minimum Gasteiger partial charge on any atom is -0.376 e. The molecule has 0 aliphatic rings. The first-order valence-corrected chi connectivity index (χ1v) is 12.6. The van der Waals surface area contributed by atoms with Crippen LogP contribution in [0.5, 0.6) is 5.75 Å². The Labute approximate surface area is 201 Å². The molecule has 1 aromatic heterocycles. The molecule has 0 saturated heterocycles. The fourth-order valence-electron chi connectivity index (χ4n) is 4.62. The summed E-state index contributed by atoms with van der Waals surface area (Å²) in [5.74, 6) is -0.407. The summed E-state index contributed by atoms with van der Waals surface area (Å²) in [7, 11) is -4.18. The molecule has 1 heterocycles. The van der Waals surface area contributed by atoms with Crippen molar-refractivity contribution >= 4 is 42.7 Å². The van der Waals surface area contributed by atoms with Crippen molar-refractivity contribution in [2.75, 3.05) is 0 Å². The van der Waals surface area contributed by atoms with Gasteiger partial charge in [-0.2, -0.15) is 8.42 Å². The van der Waals surface area contributed by atoms with Crippen LogP contribution in [0.2, 0.25) is 0 Å². The minimum atomic E-state index is -4.18. The lowest BCUT2D eigenvalue weighted by Crippen LogP contribution is -2.10. The van der Waals surface area contributed by atoms with Gasteiger partial charge in [-0.1, -0.05) is 72.3 Å². The van der Waals surface area contributed by atoms with Gasteiger partial charge in [0.25, 0.3) is 0 Å². The molecule has 6 rings (SSSR count). The van der Waals surface area contributed by atoms with E-state index in [1.54, 1.807) is 18.2 Å². The lowest BCUT2D eigenvalue weighted by molar-refractivity contribution is 0.490. The highest BCUT2D eigenvalue weighted by molar-refractivity contribution is 7.87. The van der Waals surface area contributed by atoms with Gasteiger partial charge in [-0.3, -0.25) is 0 Å². The number of halogens is 1. The van der Waals surface area contributed by atoms with Crippen LogP contribution in [0.25, 0.3) is 43.7 Å². The molecule has 5 aromatic carbocycles. The van der Waals surface area contributed by atoms with Crippen LogP contribution in [-0.4, -0.2) is 13.4 Å². The fraction of sp³-hybridized carbons (Fsp3) is 0.0345. The van der Waals surface area contributed by atoms with Crippen molar-refractivity contribution in [1.29, 1.82) is 0 Å². The fourth-order valence-corrected chi connectivity index (χ4v) is 5.58. The summed E-state index contributed by atoms with van der Waals surface area (Å²) >= 11 is 0. The molecule has 0 spiro atoms. The number of para-hydroxylation sites is 1. The molecule has 0 amide bonds. The summed E-state index contributed by atoms with van der Waals surface area (Å²) in [6.45, 7) is 1.88. The largest absolute Gasteiger partial charge is 0.376 e. The van der Waals surface area contributed by atoms with Gasteiger partial charge in [0, 0.05) is 21.7 Å². The average molecular weight is 482 g/mol. The van der Waals surface area contributed by atoms with Gasteiger partial charge in [-0.05, 0) is 53.8 Å². The van der Waals surface area contributed by atoms with Crippen molar-refractivity contribution in [3.05, 3.63) is 108 Å². The first-order valence-electron chi connectivity index (χ1n) is 11.1. The number of H-pyrrole nitrogens is 1. The molecule has 1 N–H and O–H groups in total. The number of aromatic amines is 1. The predicted octanol–water partition coefficient (Wildman–Crippen LogP) is 7.36. The van der Waals surface area contributed by atoms with Crippen molar-refractivity contribution < 1.29 is 17.0 Å². The number of nitrogens with one attached hydrogen (secondary N) is 1. The Morgan fingerprint density at radius 2 is 1.49 bits per heavy atom. The zero-order chi connectivity index (χ0) is 24.2. The lowest BCUT2D eigenvalue weighted by Gasteiger charge is -2.16. The van der Waals surface area contributed by atoms with E-state index < -0.39 is 15.9 Å². The molecule has 4 nitrogen and oxygen atoms in total. The zero-order valence-electron chi connectivity index (χ0n) is 18.7. The maximum absolute atomic E-state index is 14.5. The molecule has 0 unspecified atom stereocenters. The van der Waals surface area contributed by atoms with Crippen molar-refractivity contribution in [2.24, 2.45) is 0 Å². The van der Waals surface area contributed by atoms with Crippen LogP contribution in [0.4, 0.5) is 4.39 Å². The summed E-state index contributed by atoms with van der Waals surface area (Å²) in [5.41, 5.74) is 4.08. The van der Waals surface area contributed by atoms with E-state index in [-0.39, 0.29) is 10.6 Å². The molecule has 172 valence electrons. The Kier molecular flexibility index (Phi) is 4.86. The quantitative estimate of drug-likeness (QED) is 0.268. The van der Waals surface area contributed by atoms with Gasteiger partial charge in [0.2, 0.25) is 0 Å². The molecule has 0 fully saturated rings. The summed E-state index contributed by atoms with van der Waals surface area (Å²) in [6.07, 6.45) is 0. The first-order chi connectivity index (χ1) is 16.9. The second-order valence-electron chi connectivity index (χ2n) is 8.53. The normalized spacial score (nSPS) is 11.9. The van der Waals surface area contributed by atoms with Crippen LogP contribution >= 0.6 is 0 Å². The zero-order valence-corrected chi connectivity index (χ0v) is 19.6. The first kappa shape index (κ1) is 21.4. The SMILES string of the molecule is Cc1ccc(S(=O)(=O)Oc2c3cc(F)ccc3c(-c3ccccc3)c3c2[nH]c2ccccc23)cc1. The monoisotopic (exact) mass is 481 g/mol. The van der Waals surface area contributed by atoms with Gasteiger partial charge in [-0.15, -0.1) is 0 Å². The molecular formula is C29H20FNO3S. The minimum absolute atomic E-state index is 0.0315. The molecule has 0 bridgehead atoms. The summed E-state index contributed by atoms with van der Waals surface area (Å²) in [4.78, 5) is 3.37. The third-order valence-corrected chi connectivity index (χ3v) is 7.48. The maximum atomic E-state index is 14.5. The van der Waals surface area contributed by atoms with Crippen molar-refractivity contribution in [3.63, 3.8) is 0 Å². The Balaban J connectivity index is 1.75. The second-order valence-corrected chi connectivity index (χ2v) is 10.1. The summed E-state index contributed by atoms with van der Waals surface area (Å²) in [6, 6.07) is 28.4. The molecule has 35 heavy (non-hydrogen) atoms. The van der Waals surface area contributed by atoms with E-state index in [2.05, 4.69) is 4.98 Å². The van der Waals surface area contributed by atoms with Gasteiger partial charge in [0.05, 0.1) is 5.52 Å². The summed E-state index contributed by atoms with van der Waals surface area (Å²) in [5, 5.41) is 2.81. The standard InChI is InChI=1S/C29H20FNO3S/c1-18-11-14-21(15-12-18)35(32,33)34-29-24-17-20(30)13-16-22(24)26(19-7-3-2-4-8-19)27-23-9-5-6-10-25(23)31-28(27)29/h2-17,31H,1H3. The lowest BCUT2D eigenvalue weighted by atomic mass is 9.92. The average Bonchev–Trinajstić information content (AvgIpc) is 3.24. The number of hydrogen-bond donors (Lipinski definition) is 1. The Morgan fingerprint density at radius 1 is 0.771 bits per heavy atom. The molecule has 0 radical (unpaired) electrons. The van der Waals surface area contributed by atoms with Crippen LogP contribution in [0, 0.1) is 12.7 Å². The van der Waals surface area contributed by atoms with E-state index in [9.17, 15) is 12.8 Å². The molecule has 0 aliphatic carbocycles. The predicted molar refractivity (Wildman–Crippen MR) is 138 cm³/mol. The van der Waals surface area contributed by atoms with Gasteiger partial charge >= 0.3 is 10.1 Å². The van der Waals surface area contributed by atoms with Crippen LogP contribution < -0.4 is 4.18 Å². The highest BCUT2D eigenvalue weighted by atomic mass is 32.2. The number of aromatic nitrogens is 1. The number of rotatable bonds is 4. The molecule has 0 aliphatic heterocycles. The topological polar surface area (TPSA) is 59.2 Å². The van der Waals surface area contributed by atoms with Crippen molar-refractivity contribution in [2.45, 2.75) is 11.8 Å². The third kappa shape index (κ3) is 3.54. The number of aryl methyl sites for hydroxylation is 1. The molecule has 6 heteroatoms. The van der Waals surface area contributed by atoms with E-state index in [4.69, 9.17) is 4.18 Å². The maximum Gasteiger partial charge on any atom is 0.339 e. The number of benzene rings is 5. The van der Waals surface area contributed by atoms with Crippen LogP contribution in [0.15, 0.2) is 102 Å². The molecule has 0 atom stereocenters. The van der Waals surface area contributed by atoms with E-state index in [1.165, 1.54) is 24.3 Å².